The second kappa shape index (κ2) is 5.23. The van der Waals surface area contributed by atoms with Gasteiger partial charge in [0.1, 0.15) is 11.4 Å². The normalized spacial score (nSPS) is 10.4. The van der Waals surface area contributed by atoms with Crippen LogP contribution < -0.4 is 10.6 Å². The van der Waals surface area contributed by atoms with E-state index < -0.39 is 4.92 Å². The summed E-state index contributed by atoms with van der Waals surface area (Å²) in [6, 6.07) is 4.95. The minimum atomic E-state index is -0.444. The summed E-state index contributed by atoms with van der Waals surface area (Å²) < 4.78 is 0. The fourth-order valence-electron chi connectivity index (χ4n) is 1.83. The second-order valence-corrected chi connectivity index (χ2v) is 5.13. The molecule has 0 bridgehead atoms. The third-order valence-corrected chi connectivity index (χ3v) is 3.79. The summed E-state index contributed by atoms with van der Waals surface area (Å²) in [5.41, 5.74) is 9.04. The maximum atomic E-state index is 11.1. The van der Waals surface area contributed by atoms with Gasteiger partial charge in [-0.1, -0.05) is 6.07 Å². The summed E-state index contributed by atoms with van der Waals surface area (Å²) in [7, 11) is 1.81. The number of nitrogens with zero attached hydrogens (tertiary/aromatic N) is 3. The lowest BCUT2D eigenvalue weighted by Crippen LogP contribution is -2.18. The number of rotatable bonds is 4. The number of nitrogens with two attached hydrogens (primary N) is 1. The Morgan fingerprint density at radius 2 is 2.26 bits per heavy atom. The molecule has 0 amide bonds. The van der Waals surface area contributed by atoms with Crippen LogP contribution in [0.15, 0.2) is 23.7 Å². The monoisotopic (exact) mass is 278 g/mol. The summed E-state index contributed by atoms with van der Waals surface area (Å²) in [6.45, 7) is 2.49. The van der Waals surface area contributed by atoms with Crippen LogP contribution in [-0.2, 0) is 6.54 Å². The molecule has 19 heavy (non-hydrogen) atoms. The van der Waals surface area contributed by atoms with E-state index in [2.05, 4.69) is 4.98 Å². The van der Waals surface area contributed by atoms with Gasteiger partial charge >= 0.3 is 5.69 Å². The van der Waals surface area contributed by atoms with Crippen LogP contribution >= 0.6 is 11.3 Å². The number of anilines is 2. The molecule has 2 N–H and O–H groups in total. The molecule has 0 saturated heterocycles. The van der Waals surface area contributed by atoms with Gasteiger partial charge in [0, 0.05) is 11.9 Å². The minimum absolute atomic E-state index is 0.0489. The number of para-hydroxylation sites is 1. The smallest absolute Gasteiger partial charge is 0.315 e. The molecule has 1 heterocycles. The van der Waals surface area contributed by atoms with E-state index in [1.807, 2.05) is 11.8 Å². The molecule has 0 aliphatic carbocycles. The van der Waals surface area contributed by atoms with E-state index in [0.29, 0.717) is 12.2 Å². The molecular formula is C12H14N4O2S. The molecular weight excluding hydrogens is 264 g/mol. The van der Waals surface area contributed by atoms with Gasteiger partial charge < -0.3 is 10.6 Å². The van der Waals surface area contributed by atoms with Gasteiger partial charge in [-0.3, -0.25) is 10.1 Å². The van der Waals surface area contributed by atoms with Crippen LogP contribution in [0.2, 0.25) is 0 Å². The predicted octanol–water partition coefficient (Wildman–Crippen LogP) is 2.58. The van der Waals surface area contributed by atoms with E-state index in [9.17, 15) is 10.1 Å². The van der Waals surface area contributed by atoms with Crippen molar-refractivity contribution in [3.05, 3.63) is 44.4 Å². The van der Waals surface area contributed by atoms with E-state index >= 15 is 0 Å². The van der Waals surface area contributed by atoms with E-state index in [1.165, 1.54) is 17.4 Å². The molecule has 0 aliphatic rings. The van der Waals surface area contributed by atoms with Gasteiger partial charge in [0.2, 0.25) is 0 Å². The Morgan fingerprint density at radius 3 is 2.84 bits per heavy atom. The number of aromatic nitrogens is 1. The number of nitrogen functional groups attached to an aromatic ring is 1. The lowest BCUT2D eigenvalue weighted by Gasteiger charge is -2.19. The van der Waals surface area contributed by atoms with Gasteiger partial charge in [-0.05, 0) is 19.1 Å². The lowest BCUT2D eigenvalue weighted by atomic mass is 10.2. The summed E-state index contributed by atoms with van der Waals surface area (Å²) >= 11 is 1.54. The summed E-state index contributed by atoms with van der Waals surface area (Å²) in [4.78, 5) is 17.7. The van der Waals surface area contributed by atoms with Gasteiger partial charge in [-0.15, -0.1) is 11.3 Å². The molecule has 2 aromatic rings. The average Bonchev–Trinajstić information content (AvgIpc) is 2.74. The fraction of sp³-hybridized carbons (Fsp3) is 0.250. The van der Waals surface area contributed by atoms with Crippen LogP contribution in [0.1, 0.15) is 10.6 Å². The molecule has 0 radical (unpaired) electrons. The Bertz CT molecular complexity index is 612. The molecule has 1 aromatic heterocycles. The Labute approximate surface area is 114 Å². The van der Waals surface area contributed by atoms with Crippen molar-refractivity contribution in [2.75, 3.05) is 17.7 Å². The summed E-state index contributed by atoms with van der Waals surface area (Å²) in [6.07, 6.45) is 0. The van der Waals surface area contributed by atoms with Crippen molar-refractivity contribution in [1.82, 2.24) is 4.98 Å². The third kappa shape index (κ3) is 2.65. The Balaban J connectivity index is 2.34. The SMILES string of the molecule is Cc1ncsc1CN(C)c1cccc(N)c1[N+](=O)[O-]. The molecule has 0 atom stereocenters. The summed E-state index contributed by atoms with van der Waals surface area (Å²) in [5, 5.41) is 11.1. The molecule has 0 unspecified atom stereocenters. The van der Waals surface area contributed by atoms with Crippen molar-refractivity contribution in [3.63, 3.8) is 0 Å². The zero-order valence-electron chi connectivity index (χ0n) is 10.7. The van der Waals surface area contributed by atoms with E-state index in [0.717, 1.165) is 10.6 Å². The first kappa shape index (κ1) is 13.3. The van der Waals surface area contributed by atoms with Crippen LogP contribution in [0.3, 0.4) is 0 Å². The molecule has 0 spiro atoms. The van der Waals surface area contributed by atoms with Crippen LogP contribution in [0.4, 0.5) is 17.1 Å². The predicted molar refractivity (Wildman–Crippen MR) is 76.5 cm³/mol. The number of nitro benzene ring substituents is 1. The van der Waals surface area contributed by atoms with Gasteiger partial charge in [0.25, 0.3) is 0 Å². The first-order valence-electron chi connectivity index (χ1n) is 5.63. The molecule has 7 heteroatoms. The molecule has 2 rings (SSSR count). The average molecular weight is 278 g/mol. The second-order valence-electron chi connectivity index (χ2n) is 4.19. The number of aryl methyl sites for hydroxylation is 1. The van der Waals surface area contributed by atoms with Gasteiger partial charge in [-0.2, -0.15) is 0 Å². The molecule has 100 valence electrons. The quantitative estimate of drug-likeness (QED) is 0.528. The highest BCUT2D eigenvalue weighted by molar-refractivity contribution is 7.09. The first-order chi connectivity index (χ1) is 9.00. The van der Waals surface area contributed by atoms with E-state index in [4.69, 9.17) is 5.73 Å². The maximum absolute atomic E-state index is 11.1. The summed E-state index contributed by atoms with van der Waals surface area (Å²) in [5.74, 6) is 0. The van der Waals surface area contributed by atoms with Crippen molar-refractivity contribution >= 4 is 28.4 Å². The third-order valence-electron chi connectivity index (χ3n) is 2.87. The van der Waals surface area contributed by atoms with E-state index in [-0.39, 0.29) is 11.4 Å². The fourth-order valence-corrected chi connectivity index (χ4v) is 2.66. The van der Waals surface area contributed by atoms with Gasteiger partial charge in [0.05, 0.1) is 22.7 Å². The maximum Gasteiger partial charge on any atom is 0.315 e. The standard InChI is InChI=1S/C12H14N4O2S/c1-8-11(19-7-14-8)6-15(2)10-5-3-4-9(13)12(10)16(17)18/h3-5,7H,6,13H2,1-2H3. The largest absolute Gasteiger partial charge is 0.393 e. The van der Waals surface area contributed by atoms with Crippen LogP contribution in [0, 0.1) is 17.0 Å². The van der Waals surface area contributed by atoms with Gasteiger partial charge in [0.15, 0.2) is 0 Å². The highest BCUT2D eigenvalue weighted by atomic mass is 32.1. The topological polar surface area (TPSA) is 85.3 Å². The number of nitro groups is 1. The first-order valence-corrected chi connectivity index (χ1v) is 6.51. The van der Waals surface area contributed by atoms with Crippen LogP contribution in [0.5, 0.6) is 0 Å². The molecule has 1 aromatic carbocycles. The minimum Gasteiger partial charge on any atom is -0.393 e. The van der Waals surface area contributed by atoms with Crippen molar-refractivity contribution in [3.8, 4) is 0 Å². The highest BCUT2D eigenvalue weighted by Crippen LogP contribution is 2.34. The molecule has 0 fully saturated rings. The molecule has 6 nitrogen and oxygen atoms in total. The molecule has 0 aliphatic heterocycles. The van der Waals surface area contributed by atoms with Crippen molar-refractivity contribution in [2.24, 2.45) is 0 Å². The lowest BCUT2D eigenvalue weighted by molar-refractivity contribution is -0.383. The van der Waals surface area contributed by atoms with E-state index in [1.54, 1.807) is 24.7 Å². The number of hydrogen-bond acceptors (Lipinski definition) is 6. The number of benzene rings is 1. The number of hydrogen-bond donors (Lipinski definition) is 1. The highest BCUT2D eigenvalue weighted by Gasteiger charge is 2.21. The van der Waals surface area contributed by atoms with Crippen molar-refractivity contribution in [1.29, 1.82) is 0 Å². The Hall–Kier alpha value is -2.15. The zero-order chi connectivity index (χ0) is 14.0. The van der Waals surface area contributed by atoms with Crippen LogP contribution in [0.25, 0.3) is 0 Å². The number of thiazole rings is 1. The van der Waals surface area contributed by atoms with Crippen LogP contribution in [-0.4, -0.2) is 17.0 Å². The zero-order valence-corrected chi connectivity index (χ0v) is 11.5. The molecule has 0 saturated carbocycles. The van der Waals surface area contributed by atoms with Crippen molar-refractivity contribution < 1.29 is 4.92 Å². The Kier molecular flexibility index (Phi) is 3.66. The van der Waals surface area contributed by atoms with Gasteiger partial charge in [-0.25, -0.2) is 4.98 Å². The van der Waals surface area contributed by atoms with Crippen molar-refractivity contribution in [2.45, 2.75) is 13.5 Å². The Morgan fingerprint density at radius 1 is 1.53 bits per heavy atom.